The first kappa shape index (κ1) is 11.3. The maximum absolute atomic E-state index is 4.31. The minimum atomic E-state index is 0.311. The maximum Gasteiger partial charge on any atom is 0.159 e. The Morgan fingerprint density at radius 1 is 1.33 bits per heavy atom. The molecule has 0 fully saturated rings. The van der Waals surface area contributed by atoms with Crippen LogP contribution in [0.4, 0.5) is 0 Å². The summed E-state index contributed by atoms with van der Waals surface area (Å²) in [5.41, 5.74) is 3.16. The first-order chi connectivity index (χ1) is 8.66. The van der Waals surface area contributed by atoms with E-state index in [0.717, 1.165) is 30.2 Å². The van der Waals surface area contributed by atoms with Gasteiger partial charge in [0.15, 0.2) is 5.82 Å². The fourth-order valence-electron chi connectivity index (χ4n) is 2.30. The molecule has 3 heterocycles. The van der Waals surface area contributed by atoms with Gasteiger partial charge in [0.1, 0.15) is 12.0 Å². The van der Waals surface area contributed by atoms with Gasteiger partial charge in [-0.2, -0.15) is 4.68 Å². The van der Waals surface area contributed by atoms with Gasteiger partial charge in [0, 0.05) is 24.7 Å². The lowest BCUT2D eigenvalue weighted by Crippen LogP contribution is -2.31. The fraction of sp³-hybridized carbons (Fsp3) is 0.500. The molecule has 6 nitrogen and oxygen atoms in total. The molecule has 1 atom stereocenters. The predicted molar refractivity (Wildman–Crippen MR) is 66.4 cm³/mol. The summed E-state index contributed by atoms with van der Waals surface area (Å²) in [6.07, 6.45) is 2.52. The molecule has 1 aliphatic heterocycles. The SMILES string of the molecule is Cc1cc(-n2nnc3c2CCN(C)C3C)ncn1. The molecule has 1 unspecified atom stereocenters. The third-order valence-electron chi connectivity index (χ3n) is 3.56. The van der Waals surface area contributed by atoms with Gasteiger partial charge in [-0.1, -0.05) is 5.21 Å². The Morgan fingerprint density at radius 2 is 2.17 bits per heavy atom. The number of rotatable bonds is 1. The fourth-order valence-corrected chi connectivity index (χ4v) is 2.30. The van der Waals surface area contributed by atoms with Gasteiger partial charge in [0.2, 0.25) is 0 Å². The highest BCUT2D eigenvalue weighted by atomic mass is 15.5. The summed E-state index contributed by atoms with van der Waals surface area (Å²) in [4.78, 5) is 10.7. The first-order valence-corrected chi connectivity index (χ1v) is 6.10. The maximum atomic E-state index is 4.31. The van der Waals surface area contributed by atoms with Gasteiger partial charge in [-0.15, -0.1) is 5.10 Å². The summed E-state index contributed by atoms with van der Waals surface area (Å²) in [6.45, 7) is 5.12. The molecule has 0 aliphatic carbocycles. The molecular weight excluding hydrogens is 228 g/mol. The van der Waals surface area contributed by atoms with E-state index in [-0.39, 0.29) is 0 Å². The lowest BCUT2D eigenvalue weighted by atomic mass is 10.1. The molecule has 0 amide bonds. The van der Waals surface area contributed by atoms with Crippen LogP contribution in [0.15, 0.2) is 12.4 Å². The summed E-state index contributed by atoms with van der Waals surface area (Å²) in [5, 5.41) is 8.55. The molecular formula is C12H16N6. The summed E-state index contributed by atoms with van der Waals surface area (Å²) in [5.74, 6) is 0.799. The number of hydrogen-bond acceptors (Lipinski definition) is 5. The van der Waals surface area contributed by atoms with Crippen LogP contribution in [0.1, 0.15) is 30.0 Å². The van der Waals surface area contributed by atoms with Crippen LogP contribution in [0, 0.1) is 6.92 Å². The molecule has 2 aromatic rings. The summed E-state index contributed by atoms with van der Waals surface area (Å²) >= 11 is 0. The van der Waals surface area contributed by atoms with E-state index < -0.39 is 0 Å². The summed E-state index contributed by atoms with van der Waals surface area (Å²) in [7, 11) is 2.11. The van der Waals surface area contributed by atoms with E-state index in [1.807, 2.05) is 17.7 Å². The van der Waals surface area contributed by atoms with Crippen molar-refractivity contribution in [3.8, 4) is 5.82 Å². The van der Waals surface area contributed by atoms with Crippen molar-refractivity contribution in [1.82, 2.24) is 29.9 Å². The molecule has 1 aliphatic rings. The number of likely N-dealkylation sites (N-methyl/N-ethyl adjacent to an activating group) is 1. The van der Waals surface area contributed by atoms with E-state index in [4.69, 9.17) is 0 Å². The van der Waals surface area contributed by atoms with Crippen molar-refractivity contribution in [1.29, 1.82) is 0 Å². The quantitative estimate of drug-likeness (QED) is 0.746. The topological polar surface area (TPSA) is 59.7 Å². The second-order valence-electron chi connectivity index (χ2n) is 4.76. The Balaban J connectivity index is 2.08. The van der Waals surface area contributed by atoms with Crippen LogP contribution in [0.2, 0.25) is 0 Å². The highest BCUT2D eigenvalue weighted by Gasteiger charge is 2.27. The number of aryl methyl sites for hydroxylation is 1. The molecule has 6 heteroatoms. The zero-order chi connectivity index (χ0) is 12.7. The molecule has 94 valence electrons. The van der Waals surface area contributed by atoms with Gasteiger partial charge < -0.3 is 0 Å². The van der Waals surface area contributed by atoms with Crippen LogP contribution >= 0.6 is 0 Å². The molecule has 0 N–H and O–H groups in total. The molecule has 0 saturated heterocycles. The number of nitrogens with zero attached hydrogens (tertiary/aromatic N) is 6. The van der Waals surface area contributed by atoms with Crippen LogP contribution in [0.25, 0.3) is 5.82 Å². The van der Waals surface area contributed by atoms with Crippen molar-refractivity contribution in [3.63, 3.8) is 0 Å². The predicted octanol–water partition coefficient (Wildman–Crippen LogP) is 0.915. The van der Waals surface area contributed by atoms with Crippen molar-refractivity contribution in [3.05, 3.63) is 29.5 Å². The third kappa shape index (κ3) is 1.69. The minimum Gasteiger partial charge on any atom is -0.298 e. The zero-order valence-corrected chi connectivity index (χ0v) is 10.8. The van der Waals surface area contributed by atoms with Crippen LogP contribution in [0.3, 0.4) is 0 Å². The second-order valence-corrected chi connectivity index (χ2v) is 4.76. The van der Waals surface area contributed by atoms with Crippen LogP contribution < -0.4 is 0 Å². The smallest absolute Gasteiger partial charge is 0.159 e. The van der Waals surface area contributed by atoms with Crippen molar-refractivity contribution in [2.24, 2.45) is 0 Å². The van der Waals surface area contributed by atoms with Crippen molar-refractivity contribution >= 4 is 0 Å². The number of aromatic nitrogens is 5. The molecule has 0 radical (unpaired) electrons. The van der Waals surface area contributed by atoms with Gasteiger partial charge in [-0.25, -0.2) is 9.97 Å². The van der Waals surface area contributed by atoms with E-state index >= 15 is 0 Å². The molecule has 18 heavy (non-hydrogen) atoms. The van der Waals surface area contributed by atoms with Gasteiger partial charge >= 0.3 is 0 Å². The second kappa shape index (κ2) is 4.13. The third-order valence-corrected chi connectivity index (χ3v) is 3.56. The molecule has 2 aromatic heterocycles. The Labute approximate surface area is 106 Å². The van der Waals surface area contributed by atoms with Gasteiger partial charge in [-0.05, 0) is 20.9 Å². The Hall–Kier alpha value is -1.82. The summed E-state index contributed by atoms with van der Waals surface area (Å²) < 4.78 is 1.84. The zero-order valence-electron chi connectivity index (χ0n) is 10.8. The van der Waals surface area contributed by atoms with E-state index in [2.05, 4.69) is 39.2 Å². The summed E-state index contributed by atoms with van der Waals surface area (Å²) in [6, 6.07) is 2.24. The van der Waals surface area contributed by atoms with Gasteiger partial charge in [0.05, 0.1) is 11.7 Å². The molecule has 0 aromatic carbocycles. The monoisotopic (exact) mass is 244 g/mol. The average molecular weight is 244 g/mol. The average Bonchev–Trinajstić information content (AvgIpc) is 2.78. The Kier molecular flexibility index (Phi) is 2.59. The van der Waals surface area contributed by atoms with Crippen molar-refractivity contribution in [2.45, 2.75) is 26.3 Å². The first-order valence-electron chi connectivity index (χ1n) is 6.10. The normalized spacial score (nSPS) is 19.8. The minimum absolute atomic E-state index is 0.311. The van der Waals surface area contributed by atoms with E-state index in [1.54, 1.807) is 6.33 Å². The lowest BCUT2D eigenvalue weighted by molar-refractivity contribution is 0.241. The van der Waals surface area contributed by atoms with Crippen molar-refractivity contribution < 1.29 is 0 Å². The van der Waals surface area contributed by atoms with Crippen LogP contribution in [-0.2, 0) is 6.42 Å². The Morgan fingerprint density at radius 3 is 2.94 bits per heavy atom. The molecule has 3 rings (SSSR count). The van der Waals surface area contributed by atoms with Gasteiger partial charge in [0.25, 0.3) is 0 Å². The van der Waals surface area contributed by atoms with E-state index in [0.29, 0.717) is 6.04 Å². The van der Waals surface area contributed by atoms with Crippen LogP contribution in [0.5, 0.6) is 0 Å². The Bertz CT molecular complexity index is 576. The molecule has 0 saturated carbocycles. The largest absolute Gasteiger partial charge is 0.298 e. The standard InChI is InChI=1S/C12H16N6/c1-8-6-11(14-7-13-8)18-10-4-5-17(3)9(2)12(10)15-16-18/h6-7,9H,4-5H2,1-3H3. The van der Waals surface area contributed by atoms with Crippen molar-refractivity contribution in [2.75, 3.05) is 13.6 Å². The van der Waals surface area contributed by atoms with E-state index in [9.17, 15) is 0 Å². The number of fused-ring (bicyclic) bond motifs is 1. The highest BCUT2D eigenvalue weighted by molar-refractivity contribution is 5.29. The lowest BCUT2D eigenvalue weighted by Gasteiger charge is -2.28. The van der Waals surface area contributed by atoms with Crippen LogP contribution in [-0.4, -0.2) is 43.5 Å². The van der Waals surface area contributed by atoms with E-state index in [1.165, 1.54) is 5.69 Å². The molecule has 0 spiro atoms. The number of hydrogen-bond donors (Lipinski definition) is 0. The highest BCUT2D eigenvalue weighted by Crippen LogP contribution is 2.26. The molecule has 0 bridgehead atoms. The van der Waals surface area contributed by atoms with Gasteiger partial charge in [-0.3, -0.25) is 4.90 Å².